The highest BCUT2D eigenvalue weighted by atomic mass is 14.5. The van der Waals surface area contributed by atoms with Crippen molar-refractivity contribution >= 4 is 0 Å². The van der Waals surface area contributed by atoms with Crippen molar-refractivity contribution < 1.29 is 0 Å². The van der Waals surface area contributed by atoms with Crippen LogP contribution in [0, 0.1) is 29.6 Å². The van der Waals surface area contributed by atoms with Crippen molar-refractivity contribution in [1.29, 1.82) is 0 Å². The molecule has 4 unspecified atom stereocenters. The minimum atomic E-state index is 0.913. The molecule has 20 heavy (non-hydrogen) atoms. The second-order valence-electron chi connectivity index (χ2n) is 8.31. The molecule has 0 amide bonds. The predicted molar refractivity (Wildman–Crippen MR) is 87.7 cm³/mol. The van der Waals surface area contributed by atoms with Crippen LogP contribution in [0.15, 0.2) is 11.1 Å². The van der Waals surface area contributed by atoms with Gasteiger partial charge in [-0.3, -0.25) is 0 Å². The van der Waals surface area contributed by atoms with Gasteiger partial charge in [0.05, 0.1) is 0 Å². The summed E-state index contributed by atoms with van der Waals surface area (Å²) in [6, 6.07) is 0. The molecular weight excluding hydrogens is 240 g/mol. The Morgan fingerprint density at radius 3 is 2.20 bits per heavy atom. The van der Waals surface area contributed by atoms with Crippen molar-refractivity contribution in [3.63, 3.8) is 0 Å². The highest BCUT2D eigenvalue weighted by molar-refractivity contribution is 5.24. The van der Waals surface area contributed by atoms with Crippen molar-refractivity contribution in [1.82, 2.24) is 0 Å². The first kappa shape index (κ1) is 14.7. The maximum atomic E-state index is 2.55. The average molecular weight is 274 g/mol. The molecule has 4 atom stereocenters. The Labute approximate surface area is 126 Å². The second-order valence-corrected chi connectivity index (χ2v) is 8.31. The van der Waals surface area contributed by atoms with Crippen LogP contribution in [0.4, 0.5) is 0 Å². The van der Waals surface area contributed by atoms with E-state index in [1.54, 1.807) is 5.57 Å². The fourth-order valence-electron chi connectivity index (χ4n) is 5.24. The minimum absolute atomic E-state index is 0.913. The first-order chi connectivity index (χ1) is 9.66. The van der Waals surface area contributed by atoms with E-state index in [1.165, 1.54) is 64.2 Å². The van der Waals surface area contributed by atoms with Gasteiger partial charge in [0.25, 0.3) is 0 Å². The molecule has 3 aliphatic rings. The van der Waals surface area contributed by atoms with Gasteiger partial charge in [0.15, 0.2) is 0 Å². The first-order valence-electron chi connectivity index (χ1n) is 9.35. The molecule has 0 radical (unpaired) electrons. The van der Waals surface area contributed by atoms with Gasteiger partial charge in [0.2, 0.25) is 0 Å². The Bertz CT molecular complexity index is 360. The summed E-state index contributed by atoms with van der Waals surface area (Å²) in [5.74, 6) is 4.98. The quantitative estimate of drug-likeness (QED) is 0.488. The van der Waals surface area contributed by atoms with E-state index in [-0.39, 0.29) is 0 Å². The molecule has 2 bridgehead atoms. The zero-order valence-corrected chi connectivity index (χ0v) is 14.0. The van der Waals surface area contributed by atoms with E-state index in [1.807, 2.05) is 5.57 Å². The lowest BCUT2D eigenvalue weighted by Crippen LogP contribution is -2.16. The molecule has 0 aromatic rings. The van der Waals surface area contributed by atoms with E-state index in [9.17, 15) is 0 Å². The minimum Gasteiger partial charge on any atom is -0.0735 e. The zero-order valence-electron chi connectivity index (χ0n) is 14.0. The summed E-state index contributed by atoms with van der Waals surface area (Å²) in [7, 11) is 0. The van der Waals surface area contributed by atoms with Gasteiger partial charge >= 0.3 is 0 Å². The average Bonchev–Trinajstić information content (AvgIpc) is 3.17. The highest BCUT2D eigenvalue weighted by Gasteiger charge is 2.45. The van der Waals surface area contributed by atoms with E-state index < -0.39 is 0 Å². The molecule has 0 heteroatoms. The molecular formula is C20H34. The van der Waals surface area contributed by atoms with Crippen molar-refractivity contribution in [2.45, 2.75) is 85.0 Å². The van der Waals surface area contributed by atoms with Crippen LogP contribution < -0.4 is 0 Å². The van der Waals surface area contributed by atoms with Gasteiger partial charge in [0, 0.05) is 0 Å². The number of fused-ring (bicyclic) bond motifs is 2. The van der Waals surface area contributed by atoms with E-state index in [2.05, 4.69) is 20.8 Å². The van der Waals surface area contributed by atoms with Crippen LogP contribution >= 0.6 is 0 Å². The summed E-state index contributed by atoms with van der Waals surface area (Å²) in [6.07, 6.45) is 14.8. The third-order valence-electron chi connectivity index (χ3n) is 6.45. The third-order valence-corrected chi connectivity index (χ3v) is 6.45. The molecule has 0 saturated heterocycles. The zero-order chi connectivity index (χ0) is 14.1. The molecule has 0 aliphatic heterocycles. The Morgan fingerprint density at radius 1 is 0.800 bits per heavy atom. The van der Waals surface area contributed by atoms with Crippen LogP contribution in [-0.2, 0) is 0 Å². The Balaban J connectivity index is 1.84. The van der Waals surface area contributed by atoms with Gasteiger partial charge in [-0.05, 0) is 68.6 Å². The van der Waals surface area contributed by atoms with Gasteiger partial charge in [-0.15, -0.1) is 0 Å². The maximum absolute atomic E-state index is 2.55. The Kier molecular flexibility index (Phi) is 4.58. The lowest BCUT2D eigenvalue weighted by Gasteiger charge is -2.25. The number of hydrogen-bond acceptors (Lipinski definition) is 0. The molecule has 0 N–H and O–H groups in total. The lowest BCUT2D eigenvalue weighted by atomic mass is 9.80. The molecule has 0 spiro atoms. The van der Waals surface area contributed by atoms with Crippen LogP contribution in [0.5, 0.6) is 0 Å². The lowest BCUT2D eigenvalue weighted by molar-refractivity contribution is 0.282. The van der Waals surface area contributed by atoms with Crippen LogP contribution in [0.2, 0.25) is 0 Å². The summed E-state index contributed by atoms with van der Waals surface area (Å²) >= 11 is 0. The topological polar surface area (TPSA) is 0 Å². The van der Waals surface area contributed by atoms with Crippen molar-refractivity contribution in [2.75, 3.05) is 0 Å². The van der Waals surface area contributed by atoms with E-state index in [0.29, 0.717) is 0 Å². The van der Waals surface area contributed by atoms with Crippen molar-refractivity contribution in [3.05, 3.63) is 11.1 Å². The van der Waals surface area contributed by atoms with Crippen LogP contribution in [0.3, 0.4) is 0 Å². The maximum Gasteiger partial charge on any atom is -0.0141 e. The SMILES string of the molecule is CC1=C2CC(C)C(CCCCCCC(C)C1)C2C1CC1. The molecule has 0 aromatic carbocycles. The normalized spacial score (nSPS) is 40.4. The molecule has 114 valence electrons. The molecule has 3 aliphatic carbocycles. The van der Waals surface area contributed by atoms with E-state index in [4.69, 9.17) is 0 Å². The standard InChI is InChI=1S/C20H34/c1-14-8-6-4-5-7-9-18-16(3)13-19(15(2)12-14)20(18)17-10-11-17/h14,16-18,20H,4-13H2,1-3H3. The van der Waals surface area contributed by atoms with Gasteiger partial charge in [-0.2, -0.15) is 0 Å². The molecule has 0 heterocycles. The molecule has 0 aromatic heterocycles. The molecule has 2 fully saturated rings. The van der Waals surface area contributed by atoms with Crippen LogP contribution in [-0.4, -0.2) is 0 Å². The smallest absolute Gasteiger partial charge is 0.0141 e. The first-order valence-corrected chi connectivity index (χ1v) is 9.35. The Morgan fingerprint density at radius 2 is 1.50 bits per heavy atom. The van der Waals surface area contributed by atoms with Gasteiger partial charge in [-0.1, -0.05) is 57.1 Å². The van der Waals surface area contributed by atoms with Crippen LogP contribution in [0.1, 0.15) is 85.0 Å². The summed E-state index contributed by atoms with van der Waals surface area (Å²) < 4.78 is 0. The van der Waals surface area contributed by atoms with E-state index in [0.717, 1.165) is 29.6 Å². The summed E-state index contributed by atoms with van der Waals surface area (Å²) in [4.78, 5) is 0. The Hall–Kier alpha value is -0.260. The molecule has 2 saturated carbocycles. The molecule has 3 rings (SSSR count). The van der Waals surface area contributed by atoms with Gasteiger partial charge in [0.1, 0.15) is 0 Å². The number of allylic oxidation sites excluding steroid dienone is 2. The van der Waals surface area contributed by atoms with Crippen molar-refractivity contribution in [3.8, 4) is 0 Å². The highest BCUT2D eigenvalue weighted by Crippen LogP contribution is 2.55. The second kappa shape index (κ2) is 6.24. The van der Waals surface area contributed by atoms with E-state index >= 15 is 0 Å². The largest absolute Gasteiger partial charge is 0.0735 e. The summed E-state index contributed by atoms with van der Waals surface area (Å²) in [6.45, 7) is 7.50. The van der Waals surface area contributed by atoms with Gasteiger partial charge < -0.3 is 0 Å². The van der Waals surface area contributed by atoms with Gasteiger partial charge in [-0.25, -0.2) is 0 Å². The summed E-state index contributed by atoms with van der Waals surface area (Å²) in [5.41, 5.74) is 3.72. The molecule has 0 nitrogen and oxygen atoms in total. The number of rotatable bonds is 1. The summed E-state index contributed by atoms with van der Waals surface area (Å²) in [5, 5.41) is 0. The number of hydrogen-bond donors (Lipinski definition) is 0. The fraction of sp³-hybridized carbons (Fsp3) is 0.900. The monoisotopic (exact) mass is 274 g/mol. The fourth-order valence-corrected chi connectivity index (χ4v) is 5.24. The predicted octanol–water partition coefficient (Wildman–Crippen LogP) is 6.37. The van der Waals surface area contributed by atoms with Crippen LogP contribution in [0.25, 0.3) is 0 Å². The van der Waals surface area contributed by atoms with Crippen molar-refractivity contribution in [2.24, 2.45) is 29.6 Å². The third kappa shape index (κ3) is 3.15.